The Kier molecular flexibility index (Phi) is 5.81. The molecule has 0 amide bonds. The van der Waals surface area contributed by atoms with Gasteiger partial charge in [0, 0.05) is 24.2 Å². The van der Waals surface area contributed by atoms with E-state index in [0.29, 0.717) is 12.6 Å². The van der Waals surface area contributed by atoms with Crippen LogP contribution in [0.3, 0.4) is 0 Å². The van der Waals surface area contributed by atoms with E-state index in [4.69, 9.17) is 16.3 Å². The maximum Gasteiger partial charge on any atom is 0.0949 e. The SMILES string of the molecule is CCOC(CNC(C)C)c1ccc(Cl)cc1. The van der Waals surface area contributed by atoms with E-state index < -0.39 is 0 Å². The molecule has 1 aromatic rings. The zero-order chi connectivity index (χ0) is 12.0. The van der Waals surface area contributed by atoms with Gasteiger partial charge in [-0.1, -0.05) is 37.6 Å². The molecule has 0 saturated heterocycles. The lowest BCUT2D eigenvalue weighted by Crippen LogP contribution is -2.29. The fourth-order valence-corrected chi connectivity index (χ4v) is 1.62. The topological polar surface area (TPSA) is 21.3 Å². The second-order valence-corrected chi connectivity index (χ2v) is 4.49. The van der Waals surface area contributed by atoms with Crippen molar-refractivity contribution in [2.45, 2.75) is 32.9 Å². The van der Waals surface area contributed by atoms with Gasteiger partial charge in [0.2, 0.25) is 0 Å². The molecule has 0 aliphatic rings. The van der Waals surface area contributed by atoms with Crippen molar-refractivity contribution in [1.82, 2.24) is 5.32 Å². The third-order valence-electron chi connectivity index (χ3n) is 2.32. The van der Waals surface area contributed by atoms with Crippen LogP contribution in [-0.2, 0) is 4.74 Å². The molecule has 0 saturated carbocycles. The molecule has 0 spiro atoms. The number of halogens is 1. The van der Waals surface area contributed by atoms with Gasteiger partial charge in [0.1, 0.15) is 0 Å². The first-order valence-corrected chi connectivity index (χ1v) is 6.11. The van der Waals surface area contributed by atoms with Crippen LogP contribution in [-0.4, -0.2) is 19.2 Å². The number of benzene rings is 1. The minimum Gasteiger partial charge on any atom is -0.372 e. The van der Waals surface area contributed by atoms with Gasteiger partial charge in [0.25, 0.3) is 0 Å². The lowest BCUT2D eigenvalue weighted by atomic mass is 10.1. The fourth-order valence-electron chi connectivity index (χ4n) is 1.49. The van der Waals surface area contributed by atoms with E-state index in [1.165, 1.54) is 5.56 Å². The molecule has 90 valence electrons. The Morgan fingerprint density at radius 1 is 1.25 bits per heavy atom. The van der Waals surface area contributed by atoms with E-state index >= 15 is 0 Å². The van der Waals surface area contributed by atoms with Crippen LogP contribution in [0, 0.1) is 0 Å². The molecule has 16 heavy (non-hydrogen) atoms. The van der Waals surface area contributed by atoms with Crippen molar-refractivity contribution in [3.8, 4) is 0 Å². The number of nitrogens with one attached hydrogen (secondary N) is 1. The van der Waals surface area contributed by atoms with Gasteiger partial charge in [-0.3, -0.25) is 0 Å². The maximum absolute atomic E-state index is 5.86. The van der Waals surface area contributed by atoms with E-state index in [1.54, 1.807) is 0 Å². The maximum atomic E-state index is 5.86. The number of hydrogen-bond donors (Lipinski definition) is 1. The van der Waals surface area contributed by atoms with Crippen LogP contribution in [0.15, 0.2) is 24.3 Å². The molecule has 1 N–H and O–H groups in total. The summed E-state index contributed by atoms with van der Waals surface area (Å²) in [4.78, 5) is 0. The van der Waals surface area contributed by atoms with Gasteiger partial charge in [0.05, 0.1) is 6.10 Å². The van der Waals surface area contributed by atoms with Crippen LogP contribution >= 0.6 is 11.6 Å². The summed E-state index contributed by atoms with van der Waals surface area (Å²) in [6, 6.07) is 8.31. The van der Waals surface area contributed by atoms with Gasteiger partial charge in [-0.25, -0.2) is 0 Å². The van der Waals surface area contributed by atoms with E-state index in [-0.39, 0.29) is 6.10 Å². The Balaban J connectivity index is 2.64. The first-order chi connectivity index (χ1) is 7.63. The smallest absolute Gasteiger partial charge is 0.0949 e. The molecule has 3 heteroatoms. The molecule has 1 aromatic carbocycles. The predicted octanol–water partition coefficient (Wildman–Crippen LogP) is 3.42. The lowest BCUT2D eigenvalue weighted by molar-refractivity contribution is 0.0610. The minimum absolute atomic E-state index is 0.102. The lowest BCUT2D eigenvalue weighted by Gasteiger charge is -2.19. The zero-order valence-corrected chi connectivity index (χ0v) is 10.9. The minimum atomic E-state index is 0.102. The Bertz CT molecular complexity index is 297. The van der Waals surface area contributed by atoms with Gasteiger partial charge in [-0.15, -0.1) is 0 Å². The first-order valence-electron chi connectivity index (χ1n) is 5.74. The van der Waals surface area contributed by atoms with Crippen molar-refractivity contribution < 1.29 is 4.74 Å². The molecular formula is C13H20ClNO. The summed E-state index contributed by atoms with van der Waals surface area (Å²) in [6.45, 7) is 7.81. The Hall–Kier alpha value is -0.570. The van der Waals surface area contributed by atoms with Gasteiger partial charge in [-0.2, -0.15) is 0 Å². The van der Waals surface area contributed by atoms with Gasteiger partial charge in [-0.05, 0) is 24.6 Å². The highest BCUT2D eigenvalue weighted by Crippen LogP contribution is 2.19. The highest BCUT2D eigenvalue weighted by molar-refractivity contribution is 6.30. The quantitative estimate of drug-likeness (QED) is 0.824. The van der Waals surface area contributed by atoms with Crippen LogP contribution in [0.5, 0.6) is 0 Å². The molecule has 2 nitrogen and oxygen atoms in total. The van der Waals surface area contributed by atoms with Crippen molar-refractivity contribution >= 4 is 11.6 Å². The van der Waals surface area contributed by atoms with Crippen molar-refractivity contribution in [2.75, 3.05) is 13.2 Å². The number of ether oxygens (including phenoxy) is 1. The monoisotopic (exact) mass is 241 g/mol. The van der Waals surface area contributed by atoms with Gasteiger partial charge in [0.15, 0.2) is 0 Å². The summed E-state index contributed by atoms with van der Waals surface area (Å²) >= 11 is 5.86. The average molecular weight is 242 g/mol. The standard InChI is InChI=1S/C13H20ClNO/c1-4-16-13(9-15-10(2)3)11-5-7-12(14)8-6-11/h5-8,10,13,15H,4,9H2,1-3H3. The van der Waals surface area contributed by atoms with Crippen LogP contribution in [0.4, 0.5) is 0 Å². The van der Waals surface area contributed by atoms with Crippen molar-refractivity contribution in [3.63, 3.8) is 0 Å². The fraction of sp³-hybridized carbons (Fsp3) is 0.538. The van der Waals surface area contributed by atoms with Crippen LogP contribution in [0.1, 0.15) is 32.4 Å². The van der Waals surface area contributed by atoms with Gasteiger partial charge < -0.3 is 10.1 Å². The third kappa shape index (κ3) is 4.52. The van der Waals surface area contributed by atoms with E-state index in [1.807, 2.05) is 31.2 Å². The Morgan fingerprint density at radius 3 is 2.38 bits per heavy atom. The van der Waals surface area contributed by atoms with Crippen molar-refractivity contribution in [3.05, 3.63) is 34.9 Å². The highest BCUT2D eigenvalue weighted by atomic mass is 35.5. The summed E-state index contributed by atoms with van der Waals surface area (Å²) < 4.78 is 5.71. The summed E-state index contributed by atoms with van der Waals surface area (Å²) in [5.74, 6) is 0. The van der Waals surface area contributed by atoms with E-state index in [0.717, 1.165) is 11.6 Å². The Labute approximate surface area is 103 Å². The average Bonchev–Trinajstić information content (AvgIpc) is 2.25. The molecule has 0 aliphatic heterocycles. The normalized spacial score (nSPS) is 13.1. The molecule has 1 unspecified atom stereocenters. The molecule has 0 bridgehead atoms. The summed E-state index contributed by atoms with van der Waals surface area (Å²) in [6.07, 6.45) is 0.102. The third-order valence-corrected chi connectivity index (χ3v) is 2.57. The molecular weight excluding hydrogens is 222 g/mol. The molecule has 0 radical (unpaired) electrons. The molecule has 1 rings (SSSR count). The van der Waals surface area contributed by atoms with Crippen LogP contribution in [0.2, 0.25) is 5.02 Å². The second-order valence-electron chi connectivity index (χ2n) is 4.06. The number of hydrogen-bond acceptors (Lipinski definition) is 2. The van der Waals surface area contributed by atoms with Crippen LogP contribution < -0.4 is 5.32 Å². The summed E-state index contributed by atoms with van der Waals surface area (Å²) in [7, 11) is 0. The first kappa shape index (κ1) is 13.5. The largest absolute Gasteiger partial charge is 0.372 e. The molecule has 0 heterocycles. The highest BCUT2D eigenvalue weighted by Gasteiger charge is 2.11. The number of rotatable bonds is 6. The Morgan fingerprint density at radius 2 is 1.88 bits per heavy atom. The van der Waals surface area contributed by atoms with Crippen molar-refractivity contribution in [1.29, 1.82) is 0 Å². The second kappa shape index (κ2) is 6.89. The summed E-state index contributed by atoms with van der Waals surface area (Å²) in [5.41, 5.74) is 1.17. The van der Waals surface area contributed by atoms with Crippen LogP contribution in [0.25, 0.3) is 0 Å². The molecule has 0 aromatic heterocycles. The van der Waals surface area contributed by atoms with Gasteiger partial charge >= 0.3 is 0 Å². The van der Waals surface area contributed by atoms with Crippen molar-refractivity contribution in [2.24, 2.45) is 0 Å². The van der Waals surface area contributed by atoms with E-state index in [9.17, 15) is 0 Å². The predicted molar refractivity (Wildman–Crippen MR) is 69.0 cm³/mol. The zero-order valence-electron chi connectivity index (χ0n) is 10.2. The molecule has 1 atom stereocenters. The molecule has 0 aliphatic carbocycles. The van der Waals surface area contributed by atoms with E-state index in [2.05, 4.69) is 19.2 Å². The summed E-state index contributed by atoms with van der Waals surface area (Å²) in [5, 5.41) is 4.15. The molecule has 0 fully saturated rings.